The number of benzene rings is 1. The molecule has 2 aromatic rings. The van der Waals surface area contributed by atoms with Gasteiger partial charge in [0.15, 0.2) is 17.3 Å². The minimum absolute atomic E-state index is 0.0379. The first-order valence-electron chi connectivity index (χ1n) is 5.60. The predicted molar refractivity (Wildman–Crippen MR) is 70.2 cm³/mol. The lowest BCUT2D eigenvalue weighted by atomic mass is 10.1. The zero-order chi connectivity index (χ0) is 14.7. The molecule has 1 aromatic carbocycles. The molecular weight excluding hydrogens is 267 g/mol. The van der Waals surface area contributed by atoms with E-state index in [0.717, 1.165) is 12.3 Å². The molecule has 0 spiro atoms. The van der Waals surface area contributed by atoms with E-state index in [1.54, 1.807) is 7.05 Å². The van der Waals surface area contributed by atoms with Crippen LogP contribution in [0.1, 0.15) is 0 Å². The molecule has 0 amide bonds. The molecule has 0 saturated heterocycles. The van der Waals surface area contributed by atoms with Gasteiger partial charge >= 0.3 is 5.69 Å². The highest BCUT2D eigenvalue weighted by atomic mass is 19.1. The van der Waals surface area contributed by atoms with Crippen molar-refractivity contribution in [2.24, 2.45) is 0 Å². The first-order valence-corrected chi connectivity index (χ1v) is 5.60. The van der Waals surface area contributed by atoms with Gasteiger partial charge in [0.25, 0.3) is 0 Å². The Balaban J connectivity index is 2.60. The average Bonchev–Trinajstić information content (AvgIpc) is 2.46. The van der Waals surface area contributed by atoms with E-state index >= 15 is 0 Å². The maximum absolute atomic E-state index is 13.7. The smallest absolute Gasteiger partial charge is 0.313 e. The molecule has 8 heteroatoms. The van der Waals surface area contributed by atoms with E-state index < -0.39 is 10.7 Å². The lowest BCUT2D eigenvalue weighted by Crippen LogP contribution is -2.02. The number of ether oxygens (including phenoxy) is 1. The summed E-state index contributed by atoms with van der Waals surface area (Å²) in [6.07, 6.45) is 1.08. The van der Waals surface area contributed by atoms with E-state index in [2.05, 4.69) is 15.3 Å². The van der Waals surface area contributed by atoms with Gasteiger partial charge in [-0.15, -0.1) is 0 Å². The third-order valence-electron chi connectivity index (χ3n) is 2.61. The van der Waals surface area contributed by atoms with Crippen molar-refractivity contribution in [2.45, 2.75) is 0 Å². The topological polar surface area (TPSA) is 90.2 Å². The largest absolute Gasteiger partial charge is 0.494 e. The lowest BCUT2D eigenvalue weighted by Gasteiger charge is -2.06. The molecule has 1 heterocycles. The van der Waals surface area contributed by atoms with Crippen molar-refractivity contribution in [3.63, 3.8) is 0 Å². The molecule has 1 aromatic heterocycles. The van der Waals surface area contributed by atoms with Gasteiger partial charge < -0.3 is 10.1 Å². The van der Waals surface area contributed by atoms with Crippen molar-refractivity contribution in [1.82, 2.24) is 9.97 Å². The SMILES string of the molecule is CNc1ncc([N+](=O)[O-])c(-c2ccc(OC)c(F)c2)n1. The van der Waals surface area contributed by atoms with Crippen molar-refractivity contribution >= 4 is 11.6 Å². The van der Waals surface area contributed by atoms with E-state index in [1.165, 1.54) is 19.2 Å². The van der Waals surface area contributed by atoms with Crippen LogP contribution in [0.2, 0.25) is 0 Å². The fraction of sp³-hybridized carbons (Fsp3) is 0.167. The third kappa shape index (κ3) is 2.48. The van der Waals surface area contributed by atoms with Crippen LogP contribution in [0.4, 0.5) is 16.0 Å². The Kier molecular flexibility index (Phi) is 3.74. The van der Waals surface area contributed by atoms with Crippen molar-refractivity contribution in [3.05, 3.63) is 40.3 Å². The zero-order valence-corrected chi connectivity index (χ0v) is 10.8. The number of hydrogen-bond acceptors (Lipinski definition) is 6. The van der Waals surface area contributed by atoms with Crippen LogP contribution < -0.4 is 10.1 Å². The third-order valence-corrected chi connectivity index (χ3v) is 2.61. The van der Waals surface area contributed by atoms with E-state index in [1.807, 2.05) is 0 Å². The van der Waals surface area contributed by atoms with Gasteiger partial charge in [-0.2, -0.15) is 0 Å². The number of methoxy groups -OCH3 is 1. The van der Waals surface area contributed by atoms with Crippen LogP contribution in [0.25, 0.3) is 11.3 Å². The molecule has 20 heavy (non-hydrogen) atoms. The van der Waals surface area contributed by atoms with Gasteiger partial charge in [0, 0.05) is 12.6 Å². The number of rotatable bonds is 4. The van der Waals surface area contributed by atoms with Crippen molar-refractivity contribution < 1.29 is 14.1 Å². The molecule has 0 aliphatic carbocycles. The van der Waals surface area contributed by atoms with Gasteiger partial charge in [-0.25, -0.2) is 14.4 Å². The van der Waals surface area contributed by atoms with Crippen LogP contribution in [0.15, 0.2) is 24.4 Å². The van der Waals surface area contributed by atoms with E-state index in [4.69, 9.17) is 4.74 Å². The molecule has 0 fully saturated rings. The number of aromatic nitrogens is 2. The maximum Gasteiger partial charge on any atom is 0.313 e. The molecule has 0 aliphatic heterocycles. The molecule has 0 aliphatic rings. The van der Waals surface area contributed by atoms with Crippen molar-refractivity contribution in [1.29, 1.82) is 0 Å². The highest BCUT2D eigenvalue weighted by Crippen LogP contribution is 2.30. The minimum atomic E-state index is -0.621. The number of halogens is 1. The fourth-order valence-electron chi connectivity index (χ4n) is 1.66. The molecule has 104 valence electrons. The summed E-state index contributed by atoms with van der Waals surface area (Å²) in [6.45, 7) is 0. The molecule has 0 atom stereocenters. The second-order valence-corrected chi connectivity index (χ2v) is 3.78. The number of nitrogens with zero attached hydrogens (tertiary/aromatic N) is 3. The van der Waals surface area contributed by atoms with Crippen molar-refractivity contribution in [3.8, 4) is 17.0 Å². The molecule has 7 nitrogen and oxygen atoms in total. The second kappa shape index (κ2) is 5.47. The van der Waals surface area contributed by atoms with Crippen LogP contribution in [-0.4, -0.2) is 29.0 Å². The van der Waals surface area contributed by atoms with E-state index in [-0.39, 0.29) is 28.6 Å². The minimum Gasteiger partial charge on any atom is -0.494 e. The number of nitro groups is 1. The van der Waals surface area contributed by atoms with Crippen molar-refractivity contribution in [2.75, 3.05) is 19.5 Å². The summed E-state index contributed by atoms with van der Waals surface area (Å²) in [5, 5.41) is 13.7. The molecule has 1 N–H and O–H groups in total. The zero-order valence-electron chi connectivity index (χ0n) is 10.8. The van der Waals surface area contributed by atoms with Crippen LogP contribution in [0, 0.1) is 15.9 Å². The fourth-order valence-corrected chi connectivity index (χ4v) is 1.66. The first kappa shape index (κ1) is 13.7. The average molecular weight is 278 g/mol. The summed E-state index contributed by atoms with van der Waals surface area (Å²) in [4.78, 5) is 18.2. The Morgan fingerprint density at radius 3 is 2.75 bits per heavy atom. The van der Waals surface area contributed by atoms with Gasteiger partial charge in [0.05, 0.1) is 12.0 Å². The van der Waals surface area contributed by atoms with E-state index in [0.29, 0.717) is 0 Å². The number of nitrogens with one attached hydrogen (secondary N) is 1. The quantitative estimate of drug-likeness (QED) is 0.681. The van der Waals surface area contributed by atoms with E-state index in [9.17, 15) is 14.5 Å². The summed E-state index contributed by atoms with van der Waals surface area (Å²) in [7, 11) is 2.92. The van der Waals surface area contributed by atoms with Gasteiger partial charge in [-0.1, -0.05) is 0 Å². The molecule has 0 saturated carbocycles. The molecule has 0 unspecified atom stereocenters. The summed E-state index contributed by atoms with van der Waals surface area (Å²) in [5.74, 6) is -0.356. The Hall–Kier alpha value is -2.77. The number of hydrogen-bond donors (Lipinski definition) is 1. The van der Waals surface area contributed by atoms with Crippen LogP contribution >= 0.6 is 0 Å². The summed E-state index contributed by atoms with van der Waals surface area (Å²) >= 11 is 0. The molecule has 0 radical (unpaired) electrons. The molecular formula is C12H11FN4O3. The normalized spacial score (nSPS) is 10.2. The Morgan fingerprint density at radius 1 is 1.45 bits per heavy atom. The predicted octanol–water partition coefficient (Wildman–Crippen LogP) is 2.24. The van der Waals surface area contributed by atoms with Crippen LogP contribution in [0.5, 0.6) is 5.75 Å². The van der Waals surface area contributed by atoms with Gasteiger partial charge in [-0.3, -0.25) is 10.1 Å². The summed E-state index contributed by atoms with van der Waals surface area (Å²) in [6, 6.07) is 4.01. The van der Waals surface area contributed by atoms with Gasteiger partial charge in [0.2, 0.25) is 5.95 Å². The molecule has 2 rings (SSSR count). The Labute approximate surface area is 113 Å². The van der Waals surface area contributed by atoms with Crippen LogP contribution in [0.3, 0.4) is 0 Å². The standard InChI is InChI=1S/C12H11FN4O3/c1-14-12-15-6-9(17(18)19)11(16-12)7-3-4-10(20-2)8(13)5-7/h3-6H,1-2H3,(H,14,15,16). The second-order valence-electron chi connectivity index (χ2n) is 3.78. The monoisotopic (exact) mass is 278 g/mol. The van der Waals surface area contributed by atoms with Gasteiger partial charge in [-0.05, 0) is 18.2 Å². The Morgan fingerprint density at radius 2 is 2.20 bits per heavy atom. The lowest BCUT2D eigenvalue weighted by molar-refractivity contribution is -0.384. The first-order chi connectivity index (χ1) is 9.56. The highest BCUT2D eigenvalue weighted by molar-refractivity contribution is 5.70. The maximum atomic E-state index is 13.7. The Bertz CT molecular complexity index is 663. The summed E-state index contributed by atoms with van der Waals surface area (Å²) < 4.78 is 18.5. The molecule has 0 bridgehead atoms. The van der Waals surface area contributed by atoms with Gasteiger partial charge in [0.1, 0.15) is 6.20 Å². The highest BCUT2D eigenvalue weighted by Gasteiger charge is 2.19. The number of anilines is 1. The summed E-state index contributed by atoms with van der Waals surface area (Å²) in [5.41, 5.74) is 0.0124. The van der Waals surface area contributed by atoms with Crippen LogP contribution in [-0.2, 0) is 0 Å².